The summed E-state index contributed by atoms with van der Waals surface area (Å²) in [5.41, 5.74) is -6.96. The van der Waals surface area contributed by atoms with Crippen LogP contribution >= 0.6 is 27.5 Å². The van der Waals surface area contributed by atoms with E-state index in [1.54, 1.807) is 20.8 Å². The van der Waals surface area contributed by atoms with Crippen LogP contribution in [0.3, 0.4) is 0 Å². The molecule has 0 aliphatic rings. The molecule has 0 spiro atoms. The highest BCUT2D eigenvalue weighted by Gasteiger charge is 2.60. The molecule has 0 aliphatic carbocycles. The van der Waals surface area contributed by atoms with Crippen molar-refractivity contribution < 1.29 is 33.9 Å². The number of nitro groups is 1. The number of ether oxygens (including phenoxy) is 1. The third-order valence-electron chi connectivity index (χ3n) is 5.41. The molecule has 2 rings (SSSR count). The summed E-state index contributed by atoms with van der Waals surface area (Å²) in [5.74, 6) is -6.09. The lowest BCUT2D eigenvalue weighted by Crippen LogP contribution is -2.54. The van der Waals surface area contributed by atoms with Crippen LogP contribution in [0.25, 0.3) is 0 Å². The summed E-state index contributed by atoms with van der Waals surface area (Å²) >= 11 is 9.22. The molecule has 0 aliphatic heterocycles. The molecule has 11 heteroatoms. The van der Waals surface area contributed by atoms with Crippen LogP contribution in [0, 0.1) is 21.3 Å². The molecule has 2 aromatic rings. The molecule has 2 aromatic carbocycles. The summed E-state index contributed by atoms with van der Waals surface area (Å²) in [6.07, 6.45) is 0. The molecule has 0 bridgehead atoms. The smallest absolute Gasteiger partial charge is 0.326 e. The first-order chi connectivity index (χ1) is 15.4. The minimum atomic E-state index is -2.79. The van der Waals surface area contributed by atoms with E-state index in [1.165, 1.54) is 39.0 Å². The zero-order chi connectivity index (χ0) is 26.4. The standard InChI is InChI=1S/C23H24BrClFNO7/c1-21(2,3)15-10-14(23(19(28)29,20(30)31)22(4,5)6)16(26)18(17(15)27(32)33)34-13-8-11(24)7-12(25)9-13/h7-10H,1-6H3,(H,28,29)(H,30,31). The van der Waals surface area contributed by atoms with Crippen molar-refractivity contribution in [1.82, 2.24) is 0 Å². The first kappa shape index (κ1) is 27.5. The van der Waals surface area contributed by atoms with Crippen molar-refractivity contribution in [3.05, 3.63) is 60.8 Å². The van der Waals surface area contributed by atoms with Gasteiger partial charge in [-0.25, -0.2) is 4.39 Å². The molecule has 184 valence electrons. The number of rotatable bonds is 6. The SMILES string of the molecule is CC(C)(C)c1cc(C(C(=O)O)(C(=O)O)C(C)(C)C)c(F)c(Oc2cc(Cl)cc(Br)c2)c1[N+](=O)[O-]. The number of aliphatic carboxylic acids is 2. The van der Waals surface area contributed by atoms with E-state index in [1.807, 2.05) is 0 Å². The predicted molar refractivity (Wildman–Crippen MR) is 127 cm³/mol. The van der Waals surface area contributed by atoms with Crippen LogP contribution in [0.15, 0.2) is 28.7 Å². The molecule has 0 saturated carbocycles. The third kappa shape index (κ3) is 4.74. The molecule has 0 radical (unpaired) electrons. The Balaban J connectivity index is 3.14. The van der Waals surface area contributed by atoms with Crippen molar-refractivity contribution in [3.63, 3.8) is 0 Å². The fraction of sp³-hybridized carbons (Fsp3) is 0.391. The highest BCUT2D eigenvalue weighted by atomic mass is 79.9. The van der Waals surface area contributed by atoms with Gasteiger partial charge in [-0.1, -0.05) is 69.1 Å². The Morgan fingerprint density at radius 3 is 1.94 bits per heavy atom. The van der Waals surface area contributed by atoms with Gasteiger partial charge < -0.3 is 14.9 Å². The molecular weight excluding hydrogens is 537 g/mol. The number of carboxylic acids is 2. The summed E-state index contributed by atoms with van der Waals surface area (Å²) in [5, 5.41) is 32.4. The summed E-state index contributed by atoms with van der Waals surface area (Å²) in [6, 6.07) is 5.12. The van der Waals surface area contributed by atoms with Crippen molar-refractivity contribution in [2.45, 2.75) is 52.4 Å². The first-order valence-electron chi connectivity index (χ1n) is 9.98. The van der Waals surface area contributed by atoms with E-state index in [9.17, 15) is 29.9 Å². The fourth-order valence-electron chi connectivity index (χ4n) is 3.82. The van der Waals surface area contributed by atoms with E-state index in [4.69, 9.17) is 16.3 Å². The molecule has 8 nitrogen and oxygen atoms in total. The minimum Gasteiger partial charge on any atom is -0.480 e. The number of halogens is 3. The van der Waals surface area contributed by atoms with E-state index in [-0.39, 0.29) is 16.3 Å². The molecule has 34 heavy (non-hydrogen) atoms. The van der Waals surface area contributed by atoms with Crippen molar-refractivity contribution in [3.8, 4) is 11.5 Å². The van der Waals surface area contributed by atoms with Crippen molar-refractivity contribution in [2.24, 2.45) is 5.41 Å². The average molecular weight is 561 g/mol. The average Bonchev–Trinajstić information content (AvgIpc) is 2.60. The topological polar surface area (TPSA) is 127 Å². The normalized spacial score (nSPS) is 12.4. The molecular formula is C23H24BrClFNO7. The van der Waals surface area contributed by atoms with E-state index in [2.05, 4.69) is 15.9 Å². The van der Waals surface area contributed by atoms with Crippen LogP contribution in [0.1, 0.15) is 52.7 Å². The Labute approximate surface area is 209 Å². The number of nitrogens with zero attached hydrogens (tertiary/aromatic N) is 1. The van der Waals surface area contributed by atoms with Gasteiger partial charge in [-0.3, -0.25) is 19.7 Å². The second-order valence-electron chi connectivity index (χ2n) is 9.79. The lowest BCUT2D eigenvalue weighted by molar-refractivity contribution is -0.387. The highest BCUT2D eigenvalue weighted by molar-refractivity contribution is 9.10. The maximum Gasteiger partial charge on any atom is 0.326 e. The number of carboxylic acid groups (broad SMARTS) is 2. The molecule has 0 amide bonds. The number of hydrogen-bond acceptors (Lipinski definition) is 5. The van der Waals surface area contributed by atoms with Gasteiger partial charge in [0.2, 0.25) is 5.75 Å². The van der Waals surface area contributed by atoms with Gasteiger partial charge in [-0.15, -0.1) is 0 Å². The second-order valence-corrected chi connectivity index (χ2v) is 11.1. The third-order valence-corrected chi connectivity index (χ3v) is 6.09. The molecule has 0 aromatic heterocycles. The van der Waals surface area contributed by atoms with E-state index < -0.39 is 55.9 Å². The van der Waals surface area contributed by atoms with Gasteiger partial charge in [0.25, 0.3) is 0 Å². The summed E-state index contributed by atoms with van der Waals surface area (Å²) < 4.78 is 22.1. The van der Waals surface area contributed by atoms with Gasteiger partial charge in [0, 0.05) is 20.6 Å². The summed E-state index contributed by atoms with van der Waals surface area (Å²) in [7, 11) is 0. The Hall–Kier alpha value is -2.72. The summed E-state index contributed by atoms with van der Waals surface area (Å²) in [4.78, 5) is 36.1. The van der Waals surface area contributed by atoms with Crippen LogP contribution in [-0.4, -0.2) is 27.1 Å². The molecule has 0 unspecified atom stereocenters. The molecule has 0 heterocycles. The van der Waals surface area contributed by atoms with E-state index in [0.717, 1.165) is 6.07 Å². The number of carbonyl (C=O) groups is 2. The second kappa shape index (κ2) is 9.14. The van der Waals surface area contributed by atoms with Crippen LogP contribution in [0.2, 0.25) is 5.02 Å². The molecule has 0 atom stereocenters. The Morgan fingerprint density at radius 1 is 1.03 bits per heavy atom. The lowest BCUT2D eigenvalue weighted by atomic mass is 9.61. The Kier molecular flexibility index (Phi) is 7.40. The van der Waals surface area contributed by atoms with Crippen LogP contribution in [-0.2, 0) is 20.4 Å². The quantitative estimate of drug-likeness (QED) is 0.229. The van der Waals surface area contributed by atoms with Crippen molar-refractivity contribution in [1.29, 1.82) is 0 Å². The molecule has 2 N–H and O–H groups in total. The maximum atomic E-state index is 16.1. The Morgan fingerprint density at radius 2 is 1.56 bits per heavy atom. The molecule has 0 fully saturated rings. The van der Waals surface area contributed by atoms with Gasteiger partial charge >= 0.3 is 17.6 Å². The van der Waals surface area contributed by atoms with E-state index >= 15 is 4.39 Å². The van der Waals surface area contributed by atoms with Gasteiger partial charge in [0.05, 0.1) is 4.92 Å². The minimum absolute atomic E-state index is 0.0783. The van der Waals surface area contributed by atoms with Crippen LogP contribution < -0.4 is 4.74 Å². The molecule has 0 saturated heterocycles. The van der Waals surface area contributed by atoms with Crippen LogP contribution in [0.4, 0.5) is 10.1 Å². The zero-order valence-electron chi connectivity index (χ0n) is 19.3. The number of hydrogen-bond donors (Lipinski definition) is 2. The van der Waals surface area contributed by atoms with Crippen molar-refractivity contribution >= 4 is 45.2 Å². The maximum absolute atomic E-state index is 16.1. The largest absolute Gasteiger partial charge is 0.480 e. The van der Waals surface area contributed by atoms with Gasteiger partial charge in [-0.2, -0.15) is 0 Å². The van der Waals surface area contributed by atoms with Gasteiger partial charge in [-0.05, 0) is 35.1 Å². The lowest BCUT2D eigenvalue weighted by Gasteiger charge is -2.38. The predicted octanol–water partition coefficient (Wildman–Crippen LogP) is 6.69. The number of benzene rings is 2. The van der Waals surface area contributed by atoms with Gasteiger partial charge in [0.15, 0.2) is 11.2 Å². The first-order valence-corrected chi connectivity index (χ1v) is 11.1. The number of nitro benzene ring substituents is 1. The monoisotopic (exact) mass is 559 g/mol. The van der Waals surface area contributed by atoms with Crippen molar-refractivity contribution in [2.75, 3.05) is 0 Å². The fourth-order valence-corrected chi connectivity index (χ4v) is 4.65. The summed E-state index contributed by atoms with van der Waals surface area (Å²) in [6.45, 7) is 8.79. The van der Waals surface area contributed by atoms with E-state index in [0.29, 0.717) is 4.47 Å². The zero-order valence-corrected chi connectivity index (χ0v) is 21.7. The Bertz CT molecular complexity index is 1150. The van der Waals surface area contributed by atoms with Gasteiger partial charge in [0.1, 0.15) is 5.75 Å². The van der Waals surface area contributed by atoms with Crippen LogP contribution in [0.5, 0.6) is 11.5 Å². The highest BCUT2D eigenvalue weighted by Crippen LogP contribution is 2.50.